The average molecular weight is 310 g/mol. The second-order valence-corrected chi connectivity index (χ2v) is 4.74. The minimum Gasteiger partial charge on any atom is -0.497 e. The van der Waals surface area contributed by atoms with Crippen LogP contribution in [0.25, 0.3) is 0 Å². The first-order valence-corrected chi connectivity index (χ1v) is 6.30. The Kier molecular flexibility index (Phi) is 4.20. The maximum absolute atomic E-state index is 13.5. The first-order valence-electron chi connectivity index (χ1n) is 5.51. The number of hydrogen-bond donors (Lipinski definition) is 1. The van der Waals surface area contributed by atoms with Crippen LogP contribution < -0.4 is 10.1 Å². The van der Waals surface area contributed by atoms with Gasteiger partial charge in [0, 0.05) is 28.3 Å². The quantitative estimate of drug-likeness (QED) is 0.913. The van der Waals surface area contributed by atoms with Gasteiger partial charge in [-0.3, -0.25) is 0 Å². The van der Waals surface area contributed by atoms with Crippen molar-refractivity contribution >= 4 is 21.6 Å². The second-order valence-electron chi connectivity index (χ2n) is 3.82. The van der Waals surface area contributed by atoms with E-state index < -0.39 is 0 Å². The summed E-state index contributed by atoms with van der Waals surface area (Å²) in [4.78, 5) is 0. The predicted octanol–water partition coefficient (Wildman–Crippen LogP) is 4.21. The maximum atomic E-state index is 13.5. The summed E-state index contributed by atoms with van der Waals surface area (Å²) in [5.74, 6) is 0.559. The number of benzene rings is 2. The number of halogens is 2. The Morgan fingerprint density at radius 1 is 1.22 bits per heavy atom. The van der Waals surface area contributed by atoms with Crippen LogP contribution in [0.3, 0.4) is 0 Å². The molecule has 0 bridgehead atoms. The highest BCUT2D eigenvalue weighted by molar-refractivity contribution is 9.10. The number of nitrogens with one attached hydrogen (secondary N) is 1. The van der Waals surface area contributed by atoms with Gasteiger partial charge in [0.05, 0.1) is 7.11 Å². The molecular formula is C14H13BrFNO. The molecule has 0 heterocycles. The molecule has 1 N–H and O–H groups in total. The van der Waals surface area contributed by atoms with E-state index in [0.29, 0.717) is 12.1 Å². The van der Waals surface area contributed by atoms with Crippen molar-refractivity contribution < 1.29 is 9.13 Å². The summed E-state index contributed by atoms with van der Waals surface area (Å²) in [6, 6.07) is 12.4. The Morgan fingerprint density at radius 3 is 2.83 bits per heavy atom. The van der Waals surface area contributed by atoms with Gasteiger partial charge in [-0.25, -0.2) is 4.39 Å². The minimum atomic E-state index is -0.214. The second kappa shape index (κ2) is 5.87. The molecule has 0 saturated heterocycles. The van der Waals surface area contributed by atoms with Crippen molar-refractivity contribution in [1.82, 2.24) is 0 Å². The number of anilines is 1. The largest absolute Gasteiger partial charge is 0.497 e. The van der Waals surface area contributed by atoms with E-state index in [4.69, 9.17) is 4.74 Å². The molecule has 0 aliphatic heterocycles. The zero-order valence-electron chi connectivity index (χ0n) is 9.91. The van der Waals surface area contributed by atoms with E-state index in [9.17, 15) is 4.39 Å². The van der Waals surface area contributed by atoms with E-state index in [2.05, 4.69) is 21.2 Å². The summed E-state index contributed by atoms with van der Waals surface area (Å²) in [5.41, 5.74) is 1.51. The van der Waals surface area contributed by atoms with Crippen LogP contribution in [-0.2, 0) is 6.54 Å². The van der Waals surface area contributed by atoms with Gasteiger partial charge in [0.2, 0.25) is 0 Å². The van der Waals surface area contributed by atoms with Gasteiger partial charge in [-0.15, -0.1) is 0 Å². The molecule has 0 aliphatic carbocycles. The monoisotopic (exact) mass is 309 g/mol. The molecule has 0 saturated carbocycles. The molecule has 94 valence electrons. The van der Waals surface area contributed by atoms with Crippen molar-refractivity contribution in [2.24, 2.45) is 0 Å². The van der Waals surface area contributed by atoms with Gasteiger partial charge in [0.25, 0.3) is 0 Å². The third-order valence-electron chi connectivity index (χ3n) is 2.56. The molecule has 18 heavy (non-hydrogen) atoms. The normalized spacial score (nSPS) is 10.2. The van der Waals surface area contributed by atoms with E-state index in [0.717, 1.165) is 15.9 Å². The third kappa shape index (κ3) is 3.23. The molecule has 0 radical (unpaired) electrons. The molecule has 0 unspecified atom stereocenters. The molecule has 2 rings (SSSR count). The van der Waals surface area contributed by atoms with Gasteiger partial charge in [0.1, 0.15) is 11.6 Å². The number of rotatable bonds is 4. The van der Waals surface area contributed by atoms with E-state index in [-0.39, 0.29) is 5.82 Å². The van der Waals surface area contributed by atoms with Crippen molar-refractivity contribution in [3.8, 4) is 5.75 Å². The molecule has 0 spiro atoms. The van der Waals surface area contributed by atoms with Gasteiger partial charge < -0.3 is 10.1 Å². The molecule has 2 aromatic carbocycles. The lowest BCUT2D eigenvalue weighted by molar-refractivity contribution is 0.415. The molecule has 0 aromatic heterocycles. The van der Waals surface area contributed by atoms with Gasteiger partial charge in [0.15, 0.2) is 0 Å². The van der Waals surface area contributed by atoms with Gasteiger partial charge in [-0.1, -0.05) is 22.0 Å². The van der Waals surface area contributed by atoms with Crippen LogP contribution in [0, 0.1) is 5.82 Å². The molecule has 2 aromatic rings. The average Bonchev–Trinajstić information content (AvgIpc) is 2.40. The molecule has 2 nitrogen and oxygen atoms in total. The predicted molar refractivity (Wildman–Crippen MR) is 74.4 cm³/mol. The van der Waals surface area contributed by atoms with Crippen molar-refractivity contribution in [1.29, 1.82) is 0 Å². The summed E-state index contributed by atoms with van der Waals surface area (Å²) in [5, 5.41) is 3.16. The highest BCUT2D eigenvalue weighted by atomic mass is 79.9. The highest BCUT2D eigenvalue weighted by Crippen LogP contribution is 2.19. The van der Waals surface area contributed by atoms with Crippen molar-refractivity contribution in [3.63, 3.8) is 0 Å². The van der Waals surface area contributed by atoms with E-state index >= 15 is 0 Å². The minimum absolute atomic E-state index is 0.214. The van der Waals surface area contributed by atoms with Crippen LogP contribution in [0.1, 0.15) is 5.56 Å². The fraction of sp³-hybridized carbons (Fsp3) is 0.143. The Bertz CT molecular complexity index is 545. The molecule has 4 heteroatoms. The maximum Gasteiger partial charge on any atom is 0.128 e. The summed E-state index contributed by atoms with van der Waals surface area (Å²) in [6.45, 7) is 0.429. The third-order valence-corrected chi connectivity index (χ3v) is 3.05. The van der Waals surface area contributed by atoms with Crippen LogP contribution in [0.15, 0.2) is 46.9 Å². The lowest BCUT2D eigenvalue weighted by atomic mass is 10.2. The van der Waals surface area contributed by atoms with Crippen LogP contribution in [0.2, 0.25) is 0 Å². The Balaban J connectivity index is 2.08. The van der Waals surface area contributed by atoms with Crippen LogP contribution >= 0.6 is 15.9 Å². The topological polar surface area (TPSA) is 21.3 Å². The fourth-order valence-corrected chi connectivity index (χ4v) is 2.02. The smallest absolute Gasteiger partial charge is 0.128 e. The lowest BCUT2D eigenvalue weighted by Crippen LogP contribution is -2.01. The molecule has 0 amide bonds. The molecule has 0 aliphatic rings. The summed E-state index contributed by atoms with van der Waals surface area (Å²) in [6.07, 6.45) is 0. The first kappa shape index (κ1) is 12.9. The van der Waals surface area contributed by atoms with E-state index in [1.54, 1.807) is 19.2 Å². The van der Waals surface area contributed by atoms with E-state index in [1.165, 1.54) is 6.07 Å². The van der Waals surface area contributed by atoms with Crippen molar-refractivity contribution in [3.05, 3.63) is 58.3 Å². The zero-order chi connectivity index (χ0) is 13.0. The summed E-state index contributed by atoms with van der Waals surface area (Å²) in [7, 11) is 1.62. The highest BCUT2D eigenvalue weighted by Gasteiger charge is 2.03. The Hall–Kier alpha value is -1.55. The van der Waals surface area contributed by atoms with Crippen molar-refractivity contribution in [2.45, 2.75) is 6.54 Å². The number of hydrogen-bond acceptors (Lipinski definition) is 2. The number of methoxy groups -OCH3 is 1. The summed E-state index contributed by atoms with van der Waals surface area (Å²) < 4.78 is 19.5. The first-order chi connectivity index (χ1) is 8.69. The summed E-state index contributed by atoms with van der Waals surface area (Å²) >= 11 is 3.33. The molecule has 0 atom stereocenters. The Labute approximate surface area is 114 Å². The van der Waals surface area contributed by atoms with Crippen LogP contribution in [0.5, 0.6) is 5.75 Å². The SMILES string of the molecule is COc1cccc(NCc2cc(Br)ccc2F)c1. The standard InChI is InChI=1S/C14H13BrFNO/c1-18-13-4-2-3-12(8-13)17-9-10-7-11(15)5-6-14(10)16/h2-8,17H,9H2,1H3. The zero-order valence-corrected chi connectivity index (χ0v) is 11.5. The van der Waals surface area contributed by atoms with Crippen LogP contribution in [0.4, 0.5) is 10.1 Å². The molecular weight excluding hydrogens is 297 g/mol. The van der Waals surface area contributed by atoms with Gasteiger partial charge in [-0.05, 0) is 30.3 Å². The van der Waals surface area contributed by atoms with Crippen molar-refractivity contribution in [2.75, 3.05) is 12.4 Å². The Morgan fingerprint density at radius 2 is 2.06 bits per heavy atom. The van der Waals surface area contributed by atoms with Crippen LogP contribution in [-0.4, -0.2) is 7.11 Å². The lowest BCUT2D eigenvalue weighted by Gasteiger charge is -2.09. The van der Waals surface area contributed by atoms with E-state index in [1.807, 2.05) is 24.3 Å². The number of ether oxygens (including phenoxy) is 1. The molecule has 0 fully saturated rings. The van der Waals surface area contributed by atoms with Gasteiger partial charge >= 0.3 is 0 Å². The van der Waals surface area contributed by atoms with Gasteiger partial charge in [-0.2, -0.15) is 0 Å². The fourth-order valence-electron chi connectivity index (χ4n) is 1.61.